The standard InChI is InChI=1S/C25H19N5O2/c1-17-24(27-29-30(17)21-13-6-3-7-14-21)25(31)26-20-12-8-11-19(15-20)23-16-22(28-32-23)18-9-4-2-5-10-18/h2-16H,1H3,(H,26,31). The highest BCUT2D eigenvalue weighted by atomic mass is 16.5. The molecule has 2 aromatic heterocycles. The van der Waals surface area contributed by atoms with E-state index in [0.717, 1.165) is 22.5 Å². The fourth-order valence-electron chi connectivity index (χ4n) is 3.45. The van der Waals surface area contributed by atoms with E-state index < -0.39 is 0 Å². The number of nitrogens with one attached hydrogen (secondary N) is 1. The minimum Gasteiger partial charge on any atom is -0.356 e. The zero-order chi connectivity index (χ0) is 21.9. The molecule has 0 atom stereocenters. The van der Waals surface area contributed by atoms with E-state index in [2.05, 4.69) is 20.8 Å². The summed E-state index contributed by atoms with van der Waals surface area (Å²) in [5.41, 5.74) is 4.93. The van der Waals surface area contributed by atoms with Gasteiger partial charge < -0.3 is 9.84 Å². The predicted molar refractivity (Wildman–Crippen MR) is 121 cm³/mol. The van der Waals surface area contributed by atoms with Crippen LogP contribution in [0.2, 0.25) is 0 Å². The topological polar surface area (TPSA) is 85.8 Å². The monoisotopic (exact) mass is 421 g/mol. The second-order valence-corrected chi connectivity index (χ2v) is 7.25. The van der Waals surface area contributed by atoms with Crippen molar-refractivity contribution in [2.45, 2.75) is 6.92 Å². The Morgan fingerprint density at radius 2 is 1.59 bits per heavy atom. The van der Waals surface area contributed by atoms with Crippen LogP contribution in [-0.4, -0.2) is 26.1 Å². The van der Waals surface area contributed by atoms with E-state index in [1.807, 2.05) is 97.9 Å². The quantitative estimate of drug-likeness (QED) is 0.424. The molecule has 1 N–H and O–H groups in total. The van der Waals surface area contributed by atoms with Crippen molar-refractivity contribution in [2.75, 3.05) is 5.32 Å². The molecule has 3 aromatic carbocycles. The summed E-state index contributed by atoms with van der Waals surface area (Å²) in [6.45, 7) is 1.82. The lowest BCUT2D eigenvalue weighted by Gasteiger charge is -2.06. The van der Waals surface area contributed by atoms with Crippen LogP contribution >= 0.6 is 0 Å². The Bertz CT molecular complexity index is 1370. The first kappa shape index (κ1) is 19.4. The zero-order valence-electron chi connectivity index (χ0n) is 17.3. The van der Waals surface area contributed by atoms with Crippen LogP contribution in [0.1, 0.15) is 16.2 Å². The summed E-state index contributed by atoms with van der Waals surface area (Å²) < 4.78 is 7.18. The molecule has 156 valence electrons. The maximum absolute atomic E-state index is 12.9. The second kappa shape index (κ2) is 8.31. The summed E-state index contributed by atoms with van der Waals surface area (Å²) in [5, 5.41) is 15.3. The summed E-state index contributed by atoms with van der Waals surface area (Å²) in [7, 11) is 0. The number of rotatable bonds is 5. The average Bonchev–Trinajstić information content (AvgIpc) is 3.48. The summed E-state index contributed by atoms with van der Waals surface area (Å²) in [5.74, 6) is 0.288. The molecule has 0 fully saturated rings. The number of carbonyl (C=O) groups excluding carboxylic acids is 1. The van der Waals surface area contributed by atoms with Gasteiger partial charge in [0.25, 0.3) is 5.91 Å². The Balaban J connectivity index is 1.37. The Morgan fingerprint density at radius 1 is 0.875 bits per heavy atom. The van der Waals surface area contributed by atoms with Gasteiger partial charge in [0.05, 0.1) is 11.4 Å². The van der Waals surface area contributed by atoms with Crippen LogP contribution in [0.25, 0.3) is 28.3 Å². The van der Waals surface area contributed by atoms with Crippen molar-refractivity contribution in [3.05, 3.63) is 102 Å². The van der Waals surface area contributed by atoms with Gasteiger partial charge in [0, 0.05) is 22.9 Å². The van der Waals surface area contributed by atoms with Gasteiger partial charge in [-0.15, -0.1) is 5.10 Å². The largest absolute Gasteiger partial charge is 0.356 e. The molecule has 32 heavy (non-hydrogen) atoms. The highest BCUT2D eigenvalue weighted by Crippen LogP contribution is 2.27. The Morgan fingerprint density at radius 3 is 2.38 bits per heavy atom. The van der Waals surface area contributed by atoms with Crippen molar-refractivity contribution in [2.24, 2.45) is 0 Å². The van der Waals surface area contributed by atoms with Crippen LogP contribution in [-0.2, 0) is 0 Å². The molecule has 0 aliphatic carbocycles. The van der Waals surface area contributed by atoms with Gasteiger partial charge in [0.2, 0.25) is 0 Å². The molecule has 5 rings (SSSR count). The molecular formula is C25H19N5O2. The fourth-order valence-corrected chi connectivity index (χ4v) is 3.45. The van der Waals surface area contributed by atoms with Crippen LogP contribution in [0.3, 0.4) is 0 Å². The third kappa shape index (κ3) is 3.79. The second-order valence-electron chi connectivity index (χ2n) is 7.25. The molecule has 7 nitrogen and oxygen atoms in total. The maximum Gasteiger partial charge on any atom is 0.278 e. The van der Waals surface area contributed by atoms with Gasteiger partial charge in [0.15, 0.2) is 11.5 Å². The molecule has 0 aliphatic rings. The van der Waals surface area contributed by atoms with Gasteiger partial charge >= 0.3 is 0 Å². The molecule has 0 aliphatic heterocycles. The van der Waals surface area contributed by atoms with Crippen molar-refractivity contribution in [1.29, 1.82) is 0 Å². The smallest absolute Gasteiger partial charge is 0.278 e. The van der Waals surface area contributed by atoms with Gasteiger partial charge in [-0.1, -0.05) is 71.0 Å². The molecular weight excluding hydrogens is 402 g/mol. The van der Waals surface area contributed by atoms with Gasteiger partial charge in [-0.25, -0.2) is 4.68 Å². The van der Waals surface area contributed by atoms with E-state index in [1.54, 1.807) is 4.68 Å². The first-order valence-corrected chi connectivity index (χ1v) is 10.1. The average molecular weight is 421 g/mol. The SMILES string of the molecule is Cc1c(C(=O)Nc2cccc(-c3cc(-c4ccccc4)no3)c2)nnn1-c1ccccc1. The zero-order valence-corrected chi connectivity index (χ0v) is 17.3. The molecule has 0 radical (unpaired) electrons. The van der Waals surface area contributed by atoms with Crippen molar-refractivity contribution in [3.8, 4) is 28.3 Å². The first-order chi connectivity index (χ1) is 15.7. The lowest BCUT2D eigenvalue weighted by atomic mass is 10.1. The first-order valence-electron chi connectivity index (χ1n) is 10.1. The summed E-state index contributed by atoms with van der Waals surface area (Å²) in [4.78, 5) is 12.9. The number of aromatic nitrogens is 4. The number of amides is 1. The third-order valence-electron chi connectivity index (χ3n) is 5.10. The number of carbonyl (C=O) groups is 1. The Hall–Kier alpha value is -4.52. The molecule has 0 unspecified atom stereocenters. The van der Waals surface area contributed by atoms with Gasteiger partial charge in [-0.05, 0) is 31.2 Å². The van der Waals surface area contributed by atoms with Crippen LogP contribution < -0.4 is 5.32 Å². The third-order valence-corrected chi connectivity index (χ3v) is 5.10. The molecule has 2 heterocycles. The maximum atomic E-state index is 12.9. The summed E-state index contributed by atoms with van der Waals surface area (Å²) in [6.07, 6.45) is 0. The molecule has 5 aromatic rings. The van der Waals surface area contributed by atoms with E-state index in [4.69, 9.17) is 4.52 Å². The molecule has 0 saturated carbocycles. The molecule has 0 bridgehead atoms. The van der Waals surface area contributed by atoms with Crippen molar-refractivity contribution < 1.29 is 9.32 Å². The molecule has 1 amide bonds. The van der Waals surface area contributed by atoms with E-state index in [-0.39, 0.29) is 11.6 Å². The van der Waals surface area contributed by atoms with Gasteiger partial charge in [-0.3, -0.25) is 4.79 Å². The molecule has 0 spiro atoms. The predicted octanol–water partition coefficient (Wildman–Crippen LogP) is 5.15. The highest BCUT2D eigenvalue weighted by molar-refractivity contribution is 6.03. The van der Waals surface area contributed by atoms with E-state index in [0.29, 0.717) is 17.1 Å². The van der Waals surface area contributed by atoms with Crippen molar-refractivity contribution in [1.82, 2.24) is 20.2 Å². The Kier molecular flexibility index (Phi) is 5.05. The minimum absolute atomic E-state index is 0.269. The van der Waals surface area contributed by atoms with Gasteiger partial charge in [-0.2, -0.15) is 0 Å². The fraction of sp³-hybridized carbons (Fsp3) is 0.0400. The van der Waals surface area contributed by atoms with E-state index in [1.165, 1.54) is 0 Å². The number of hydrogen-bond donors (Lipinski definition) is 1. The normalized spacial score (nSPS) is 10.8. The summed E-state index contributed by atoms with van der Waals surface area (Å²) >= 11 is 0. The van der Waals surface area contributed by atoms with Crippen LogP contribution in [0.5, 0.6) is 0 Å². The van der Waals surface area contributed by atoms with Crippen LogP contribution in [0.15, 0.2) is 95.5 Å². The number of para-hydroxylation sites is 1. The number of anilines is 1. The number of hydrogen-bond acceptors (Lipinski definition) is 5. The minimum atomic E-state index is -0.329. The van der Waals surface area contributed by atoms with Crippen molar-refractivity contribution in [3.63, 3.8) is 0 Å². The van der Waals surface area contributed by atoms with Crippen molar-refractivity contribution >= 4 is 11.6 Å². The number of benzene rings is 3. The highest BCUT2D eigenvalue weighted by Gasteiger charge is 2.18. The van der Waals surface area contributed by atoms with Gasteiger partial charge in [0.1, 0.15) is 5.69 Å². The molecule has 0 saturated heterocycles. The Labute approximate surface area is 184 Å². The lowest BCUT2D eigenvalue weighted by Crippen LogP contribution is -2.14. The van der Waals surface area contributed by atoms with E-state index in [9.17, 15) is 4.79 Å². The lowest BCUT2D eigenvalue weighted by molar-refractivity contribution is 0.102. The summed E-state index contributed by atoms with van der Waals surface area (Å²) in [6, 6.07) is 28.7. The van der Waals surface area contributed by atoms with Crippen LogP contribution in [0, 0.1) is 6.92 Å². The number of nitrogens with zero attached hydrogens (tertiary/aromatic N) is 4. The van der Waals surface area contributed by atoms with Crippen LogP contribution in [0.4, 0.5) is 5.69 Å². The molecule has 7 heteroatoms. The van der Waals surface area contributed by atoms with E-state index >= 15 is 0 Å².